The predicted octanol–water partition coefficient (Wildman–Crippen LogP) is 2.54. The quantitative estimate of drug-likeness (QED) is 0.860. The second kappa shape index (κ2) is 5.41. The molecule has 0 bridgehead atoms. The highest BCUT2D eigenvalue weighted by Crippen LogP contribution is 2.36. The Morgan fingerprint density at radius 2 is 1.78 bits per heavy atom. The fraction of sp³-hybridized carbons (Fsp3) is 0.625. The largest absolute Gasteiger partial charge is 0.314 e. The zero-order valence-electron chi connectivity index (χ0n) is 11.4. The van der Waals surface area contributed by atoms with Crippen molar-refractivity contribution in [3.63, 3.8) is 0 Å². The molecule has 0 amide bonds. The Balaban J connectivity index is 1.62. The van der Waals surface area contributed by atoms with Crippen molar-refractivity contribution in [2.24, 2.45) is 0 Å². The molecule has 98 valence electrons. The van der Waals surface area contributed by atoms with Crippen molar-refractivity contribution >= 4 is 0 Å². The first kappa shape index (κ1) is 12.2. The average Bonchev–Trinajstić information content (AvgIpc) is 2.90. The molecule has 1 saturated carbocycles. The number of piperazine rings is 1. The van der Waals surface area contributed by atoms with Gasteiger partial charge in [-0.05, 0) is 37.7 Å². The van der Waals surface area contributed by atoms with Crippen molar-refractivity contribution < 1.29 is 0 Å². The first-order chi connectivity index (χ1) is 8.83. The van der Waals surface area contributed by atoms with E-state index in [1.54, 1.807) is 5.56 Å². The summed E-state index contributed by atoms with van der Waals surface area (Å²) in [5.74, 6) is 0.797. The Morgan fingerprint density at radius 1 is 1.06 bits per heavy atom. The maximum Gasteiger partial charge on any atom is 0.0110 e. The van der Waals surface area contributed by atoms with E-state index in [0.717, 1.165) is 12.0 Å². The molecule has 1 aliphatic heterocycles. The standard InChI is InChI=1S/C16H24N2/c1-13-2-4-14(5-3-13)15-6-7-16(12-15)18-10-8-17-9-11-18/h2-5,15-17H,6-12H2,1H3. The van der Waals surface area contributed by atoms with Gasteiger partial charge < -0.3 is 5.32 Å². The summed E-state index contributed by atoms with van der Waals surface area (Å²) in [6.07, 6.45) is 4.12. The van der Waals surface area contributed by atoms with Crippen LogP contribution in [0, 0.1) is 6.92 Å². The lowest BCUT2D eigenvalue weighted by Crippen LogP contribution is -2.47. The summed E-state index contributed by atoms with van der Waals surface area (Å²) in [5.41, 5.74) is 2.92. The lowest BCUT2D eigenvalue weighted by molar-refractivity contribution is 0.174. The van der Waals surface area contributed by atoms with Crippen LogP contribution in [-0.2, 0) is 0 Å². The van der Waals surface area contributed by atoms with Gasteiger partial charge in [0.2, 0.25) is 0 Å². The van der Waals surface area contributed by atoms with E-state index in [1.807, 2.05) is 0 Å². The van der Waals surface area contributed by atoms with E-state index in [1.165, 1.54) is 51.0 Å². The molecule has 2 aliphatic rings. The molecular weight excluding hydrogens is 220 g/mol. The molecule has 0 radical (unpaired) electrons. The number of nitrogens with one attached hydrogen (secondary N) is 1. The van der Waals surface area contributed by atoms with Gasteiger partial charge in [0.05, 0.1) is 0 Å². The maximum absolute atomic E-state index is 3.45. The van der Waals surface area contributed by atoms with Gasteiger partial charge in [0, 0.05) is 32.2 Å². The lowest BCUT2D eigenvalue weighted by Gasteiger charge is -2.32. The first-order valence-corrected chi connectivity index (χ1v) is 7.34. The fourth-order valence-electron chi connectivity index (χ4n) is 3.48. The third-order valence-corrected chi connectivity index (χ3v) is 4.62. The molecule has 18 heavy (non-hydrogen) atoms. The summed E-state index contributed by atoms with van der Waals surface area (Å²) in [6.45, 7) is 7.00. The van der Waals surface area contributed by atoms with E-state index in [2.05, 4.69) is 41.4 Å². The van der Waals surface area contributed by atoms with Crippen LogP contribution in [0.2, 0.25) is 0 Å². The van der Waals surface area contributed by atoms with Crippen LogP contribution >= 0.6 is 0 Å². The summed E-state index contributed by atoms with van der Waals surface area (Å²) >= 11 is 0. The minimum atomic E-state index is 0.797. The molecule has 1 aromatic rings. The number of nitrogens with zero attached hydrogens (tertiary/aromatic N) is 1. The number of aryl methyl sites for hydroxylation is 1. The van der Waals surface area contributed by atoms with Crippen LogP contribution in [0.1, 0.15) is 36.3 Å². The van der Waals surface area contributed by atoms with Crippen molar-refractivity contribution in [1.82, 2.24) is 10.2 Å². The summed E-state index contributed by atoms with van der Waals surface area (Å²) < 4.78 is 0. The van der Waals surface area contributed by atoms with E-state index in [0.29, 0.717) is 0 Å². The summed E-state index contributed by atoms with van der Waals surface area (Å²) in [7, 11) is 0. The summed E-state index contributed by atoms with van der Waals surface area (Å²) in [4.78, 5) is 2.70. The van der Waals surface area contributed by atoms with Crippen LogP contribution in [0.4, 0.5) is 0 Å². The lowest BCUT2D eigenvalue weighted by atomic mass is 9.96. The van der Waals surface area contributed by atoms with Gasteiger partial charge in [-0.1, -0.05) is 29.8 Å². The molecule has 2 nitrogen and oxygen atoms in total. The Labute approximate surface area is 110 Å². The Hall–Kier alpha value is -0.860. The monoisotopic (exact) mass is 244 g/mol. The van der Waals surface area contributed by atoms with Crippen molar-refractivity contribution in [2.45, 2.75) is 38.1 Å². The highest BCUT2D eigenvalue weighted by atomic mass is 15.2. The molecule has 1 aromatic carbocycles. The van der Waals surface area contributed by atoms with Gasteiger partial charge in [0.1, 0.15) is 0 Å². The predicted molar refractivity (Wildman–Crippen MR) is 76.0 cm³/mol. The van der Waals surface area contributed by atoms with Crippen molar-refractivity contribution in [1.29, 1.82) is 0 Å². The minimum Gasteiger partial charge on any atom is -0.314 e. The van der Waals surface area contributed by atoms with Gasteiger partial charge in [-0.2, -0.15) is 0 Å². The second-order valence-electron chi connectivity index (χ2n) is 5.86. The minimum absolute atomic E-state index is 0.797. The Bertz CT molecular complexity index is 379. The van der Waals surface area contributed by atoms with Gasteiger partial charge >= 0.3 is 0 Å². The SMILES string of the molecule is Cc1ccc(C2CCC(N3CCNCC3)C2)cc1. The Morgan fingerprint density at radius 3 is 2.50 bits per heavy atom. The zero-order chi connectivity index (χ0) is 12.4. The normalized spacial score (nSPS) is 29.6. The molecule has 2 fully saturated rings. The van der Waals surface area contributed by atoms with Crippen LogP contribution in [-0.4, -0.2) is 37.1 Å². The van der Waals surface area contributed by atoms with Gasteiger partial charge in [0.25, 0.3) is 0 Å². The molecule has 2 atom stereocenters. The fourth-order valence-corrected chi connectivity index (χ4v) is 3.48. The average molecular weight is 244 g/mol. The van der Waals surface area contributed by atoms with Crippen LogP contribution < -0.4 is 5.32 Å². The number of hydrogen-bond donors (Lipinski definition) is 1. The van der Waals surface area contributed by atoms with Gasteiger partial charge in [-0.25, -0.2) is 0 Å². The maximum atomic E-state index is 3.45. The highest BCUT2D eigenvalue weighted by Gasteiger charge is 2.30. The van der Waals surface area contributed by atoms with Crippen LogP contribution in [0.3, 0.4) is 0 Å². The third kappa shape index (κ3) is 2.60. The Kier molecular flexibility index (Phi) is 3.67. The van der Waals surface area contributed by atoms with E-state index in [-0.39, 0.29) is 0 Å². The van der Waals surface area contributed by atoms with E-state index >= 15 is 0 Å². The topological polar surface area (TPSA) is 15.3 Å². The van der Waals surface area contributed by atoms with Crippen LogP contribution in [0.25, 0.3) is 0 Å². The first-order valence-electron chi connectivity index (χ1n) is 7.34. The molecule has 0 spiro atoms. The molecule has 1 N–H and O–H groups in total. The summed E-state index contributed by atoms with van der Waals surface area (Å²) in [6, 6.07) is 10.0. The van der Waals surface area contributed by atoms with Crippen LogP contribution in [0.5, 0.6) is 0 Å². The van der Waals surface area contributed by atoms with Gasteiger partial charge in [-0.3, -0.25) is 4.90 Å². The number of benzene rings is 1. The zero-order valence-corrected chi connectivity index (χ0v) is 11.4. The molecule has 1 saturated heterocycles. The van der Waals surface area contributed by atoms with Crippen molar-refractivity contribution in [2.75, 3.05) is 26.2 Å². The second-order valence-corrected chi connectivity index (χ2v) is 5.86. The molecule has 1 aliphatic carbocycles. The van der Waals surface area contributed by atoms with E-state index in [4.69, 9.17) is 0 Å². The molecule has 3 rings (SSSR count). The summed E-state index contributed by atoms with van der Waals surface area (Å²) in [5, 5.41) is 3.45. The van der Waals surface area contributed by atoms with Crippen molar-refractivity contribution in [3.8, 4) is 0 Å². The number of rotatable bonds is 2. The van der Waals surface area contributed by atoms with Gasteiger partial charge in [-0.15, -0.1) is 0 Å². The molecule has 2 heteroatoms. The highest BCUT2D eigenvalue weighted by molar-refractivity contribution is 5.25. The number of hydrogen-bond acceptors (Lipinski definition) is 2. The van der Waals surface area contributed by atoms with E-state index < -0.39 is 0 Å². The van der Waals surface area contributed by atoms with Crippen molar-refractivity contribution in [3.05, 3.63) is 35.4 Å². The van der Waals surface area contributed by atoms with Crippen LogP contribution in [0.15, 0.2) is 24.3 Å². The molecule has 2 unspecified atom stereocenters. The molecule has 1 heterocycles. The molecule has 0 aromatic heterocycles. The third-order valence-electron chi connectivity index (χ3n) is 4.62. The smallest absolute Gasteiger partial charge is 0.0110 e. The molecular formula is C16H24N2. The van der Waals surface area contributed by atoms with E-state index in [9.17, 15) is 0 Å². The van der Waals surface area contributed by atoms with Gasteiger partial charge in [0.15, 0.2) is 0 Å².